The predicted molar refractivity (Wildman–Crippen MR) is 66.9 cm³/mol. The molecule has 1 saturated heterocycles. The number of ether oxygens (including phenoxy) is 2. The van der Waals surface area contributed by atoms with Gasteiger partial charge in [0.05, 0.1) is 12.2 Å². The van der Waals surface area contributed by atoms with Gasteiger partial charge >= 0.3 is 5.97 Å². The Kier molecular flexibility index (Phi) is 6.52. The molecule has 0 saturated carbocycles. The number of carbonyl (C=O) groups excluding carboxylic acids is 1. The molecule has 4 nitrogen and oxygen atoms in total. The van der Waals surface area contributed by atoms with Crippen molar-refractivity contribution >= 4 is 5.97 Å². The SMILES string of the molecule is CC(C)CC(C)OC(=O)COC1CCNCC1. The Balaban J connectivity index is 2.11. The van der Waals surface area contributed by atoms with Crippen molar-refractivity contribution in [3.8, 4) is 0 Å². The van der Waals surface area contributed by atoms with Gasteiger partial charge in [-0.3, -0.25) is 0 Å². The maximum absolute atomic E-state index is 11.5. The molecule has 1 aliphatic rings. The second-order valence-electron chi connectivity index (χ2n) is 5.19. The van der Waals surface area contributed by atoms with E-state index in [0.29, 0.717) is 5.92 Å². The van der Waals surface area contributed by atoms with Crippen molar-refractivity contribution in [3.63, 3.8) is 0 Å². The second-order valence-corrected chi connectivity index (χ2v) is 5.19. The lowest BCUT2D eigenvalue weighted by Gasteiger charge is -2.23. The third kappa shape index (κ3) is 6.64. The van der Waals surface area contributed by atoms with Gasteiger partial charge in [-0.2, -0.15) is 0 Å². The highest BCUT2D eigenvalue weighted by molar-refractivity contribution is 5.70. The number of piperidine rings is 1. The van der Waals surface area contributed by atoms with E-state index in [1.807, 2.05) is 6.92 Å². The van der Waals surface area contributed by atoms with Crippen molar-refractivity contribution in [2.45, 2.75) is 52.2 Å². The van der Waals surface area contributed by atoms with Gasteiger partial charge in [0, 0.05) is 0 Å². The van der Waals surface area contributed by atoms with Crippen LogP contribution in [0.25, 0.3) is 0 Å². The van der Waals surface area contributed by atoms with Crippen molar-refractivity contribution in [3.05, 3.63) is 0 Å². The summed E-state index contributed by atoms with van der Waals surface area (Å²) in [4.78, 5) is 11.5. The quantitative estimate of drug-likeness (QED) is 0.722. The molecule has 1 fully saturated rings. The molecule has 100 valence electrons. The fourth-order valence-corrected chi connectivity index (χ4v) is 2.12. The summed E-state index contributed by atoms with van der Waals surface area (Å²) < 4.78 is 10.8. The van der Waals surface area contributed by atoms with Crippen molar-refractivity contribution in [1.29, 1.82) is 0 Å². The van der Waals surface area contributed by atoms with Gasteiger partial charge in [0.25, 0.3) is 0 Å². The molecule has 0 amide bonds. The van der Waals surface area contributed by atoms with Crippen LogP contribution >= 0.6 is 0 Å². The molecule has 17 heavy (non-hydrogen) atoms. The number of carbonyl (C=O) groups is 1. The number of hydrogen-bond donors (Lipinski definition) is 1. The minimum Gasteiger partial charge on any atom is -0.461 e. The lowest BCUT2D eigenvalue weighted by Crippen LogP contribution is -2.34. The number of rotatable bonds is 6. The summed E-state index contributed by atoms with van der Waals surface area (Å²) in [6, 6.07) is 0. The van der Waals surface area contributed by atoms with Crippen LogP contribution in [0, 0.1) is 5.92 Å². The van der Waals surface area contributed by atoms with E-state index in [1.54, 1.807) is 0 Å². The Bertz CT molecular complexity index is 225. The van der Waals surface area contributed by atoms with Crippen LogP contribution in [0.1, 0.15) is 40.0 Å². The summed E-state index contributed by atoms with van der Waals surface area (Å²) in [6.45, 7) is 8.22. The average Bonchev–Trinajstić information content (AvgIpc) is 2.26. The molecule has 1 aliphatic heterocycles. The van der Waals surface area contributed by atoms with Gasteiger partial charge in [0.2, 0.25) is 0 Å². The maximum Gasteiger partial charge on any atom is 0.332 e. The fraction of sp³-hybridized carbons (Fsp3) is 0.923. The van der Waals surface area contributed by atoms with Crippen molar-refractivity contribution in [2.24, 2.45) is 5.92 Å². The molecule has 1 atom stereocenters. The molecule has 0 aromatic rings. The predicted octanol–water partition coefficient (Wildman–Crippen LogP) is 1.73. The molecular weight excluding hydrogens is 218 g/mol. The van der Waals surface area contributed by atoms with E-state index in [9.17, 15) is 4.79 Å². The lowest BCUT2D eigenvalue weighted by molar-refractivity contribution is -0.156. The lowest BCUT2D eigenvalue weighted by atomic mass is 10.1. The monoisotopic (exact) mass is 243 g/mol. The molecule has 1 heterocycles. The highest BCUT2D eigenvalue weighted by atomic mass is 16.6. The maximum atomic E-state index is 11.5. The molecule has 0 aromatic heterocycles. The summed E-state index contributed by atoms with van der Waals surface area (Å²) in [6.07, 6.45) is 3.06. The summed E-state index contributed by atoms with van der Waals surface area (Å²) in [5.41, 5.74) is 0. The molecule has 0 aromatic carbocycles. The van der Waals surface area contributed by atoms with E-state index < -0.39 is 0 Å². The van der Waals surface area contributed by atoms with Crippen LogP contribution in [0.2, 0.25) is 0 Å². The molecule has 1 N–H and O–H groups in total. The van der Waals surface area contributed by atoms with E-state index in [0.717, 1.165) is 32.4 Å². The van der Waals surface area contributed by atoms with Gasteiger partial charge < -0.3 is 14.8 Å². The fourth-order valence-electron chi connectivity index (χ4n) is 2.12. The zero-order chi connectivity index (χ0) is 12.7. The molecule has 0 radical (unpaired) electrons. The first kappa shape index (κ1) is 14.5. The van der Waals surface area contributed by atoms with E-state index in [4.69, 9.17) is 9.47 Å². The number of nitrogens with one attached hydrogen (secondary N) is 1. The topological polar surface area (TPSA) is 47.6 Å². The molecule has 4 heteroatoms. The van der Waals surface area contributed by atoms with Gasteiger partial charge in [-0.25, -0.2) is 4.79 Å². The molecule has 0 bridgehead atoms. The van der Waals surface area contributed by atoms with Crippen LogP contribution in [0.5, 0.6) is 0 Å². The smallest absolute Gasteiger partial charge is 0.332 e. The molecule has 0 spiro atoms. The Morgan fingerprint density at radius 1 is 1.29 bits per heavy atom. The van der Waals surface area contributed by atoms with Gasteiger partial charge in [0.1, 0.15) is 6.61 Å². The van der Waals surface area contributed by atoms with Crippen LogP contribution in [-0.4, -0.2) is 37.9 Å². The summed E-state index contributed by atoms with van der Waals surface area (Å²) in [5.74, 6) is 0.305. The van der Waals surface area contributed by atoms with E-state index >= 15 is 0 Å². The minimum atomic E-state index is -0.239. The first-order chi connectivity index (χ1) is 8.08. The van der Waals surface area contributed by atoms with Gasteiger partial charge in [0.15, 0.2) is 0 Å². The third-order valence-corrected chi connectivity index (χ3v) is 2.86. The first-order valence-electron chi connectivity index (χ1n) is 6.59. The Morgan fingerprint density at radius 2 is 1.94 bits per heavy atom. The van der Waals surface area contributed by atoms with Crippen LogP contribution in [0.4, 0.5) is 0 Å². The van der Waals surface area contributed by atoms with Gasteiger partial charge in [-0.15, -0.1) is 0 Å². The summed E-state index contributed by atoms with van der Waals surface area (Å²) in [7, 11) is 0. The molecule has 0 aliphatic carbocycles. The van der Waals surface area contributed by atoms with Crippen molar-refractivity contribution in [1.82, 2.24) is 5.32 Å². The van der Waals surface area contributed by atoms with E-state index in [-0.39, 0.29) is 24.8 Å². The normalized spacial score (nSPS) is 19.3. The largest absolute Gasteiger partial charge is 0.461 e. The van der Waals surface area contributed by atoms with Crippen molar-refractivity contribution in [2.75, 3.05) is 19.7 Å². The molecule has 1 unspecified atom stereocenters. The highest BCUT2D eigenvalue weighted by Crippen LogP contribution is 2.09. The zero-order valence-corrected chi connectivity index (χ0v) is 11.2. The average molecular weight is 243 g/mol. The van der Waals surface area contributed by atoms with E-state index in [1.165, 1.54) is 0 Å². The minimum absolute atomic E-state index is 0.0147. The highest BCUT2D eigenvalue weighted by Gasteiger charge is 2.16. The molecule has 1 rings (SSSR count). The molecular formula is C13H25NO3. The first-order valence-corrected chi connectivity index (χ1v) is 6.59. The van der Waals surface area contributed by atoms with Gasteiger partial charge in [-0.1, -0.05) is 13.8 Å². The number of esters is 1. The summed E-state index contributed by atoms with van der Waals surface area (Å²) >= 11 is 0. The standard InChI is InChI=1S/C13H25NO3/c1-10(2)8-11(3)17-13(15)9-16-12-4-6-14-7-5-12/h10-12,14H,4-9H2,1-3H3. The Hall–Kier alpha value is -0.610. The van der Waals surface area contributed by atoms with Crippen LogP contribution in [-0.2, 0) is 14.3 Å². The van der Waals surface area contributed by atoms with Crippen molar-refractivity contribution < 1.29 is 14.3 Å². The summed E-state index contributed by atoms with van der Waals surface area (Å²) in [5, 5.41) is 3.26. The van der Waals surface area contributed by atoms with Crippen LogP contribution in [0.3, 0.4) is 0 Å². The van der Waals surface area contributed by atoms with Crippen LogP contribution < -0.4 is 5.32 Å². The van der Waals surface area contributed by atoms with Gasteiger partial charge in [-0.05, 0) is 45.2 Å². The Morgan fingerprint density at radius 3 is 2.53 bits per heavy atom. The number of hydrogen-bond acceptors (Lipinski definition) is 4. The third-order valence-electron chi connectivity index (χ3n) is 2.86. The van der Waals surface area contributed by atoms with Crippen LogP contribution in [0.15, 0.2) is 0 Å². The Labute approximate surface area is 104 Å². The zero-order valence-electron chi connectivity index (χ0n) is 11.2. The van der Waals surface area contributed by atoms with E-state index in [2.05, 4.69) is 19.2 Å². The second kappa shape index (κ2) is 7.67.